The molecule has 1 rings (SSSR count). The fourth-order valence-electron chi connectivity index (χ4n) is 2.02. The Morgan fingerprint density at radius 1 is 1.48 bits per heavy atom. The standard InChI is InChI=1S/C16H30N2O3/c1-6-20-12-13(2)17-11-14-7-9-18(10-8-14)15(19)21-16(3,4)5/h7,13,17H,6,8-12H2,1-5H3. The van der Waals surface area contributed by atoms with Gasteiger partial charge in [0.25, 0.3) is 0 Å². The van der Waals surface area contributed by atoms with Crippen LogP contribution in [0.15, 0.2) is 11.6 Å². The summed E-state index contributed by atoms with van der Waals surface area (Å²) in [7, 11) is 0. The van der Waals surface area contributed by atoms with E-state index in [0.29, 0.717) is 12.6 Å². The van der Waals surface area contributed by atoms with Crippen LogP contribution < -0.4 is 5.32 Å². The minimum absolute atomic E-state index is 0.226. The molecule has 0 aromatic carbocycles. The molecule has 21 heavy (non-hydrogen) atoms. The molecule has 5 nitrogen and oxygen atoms in total. The van der Waals surface area contributed by atoms with E-state index < -0.39 is 5.60 Å². The predicted molar refractivity (Wildman–Crippen MR) is 84.5 cm³/mol. The Morgan fingerprint density at radius 2 is 2.19 bits per heavy atom. The van der Waals surface area contributed by atoms with Crippen molar-refractivity contribution in [1.29, 1.82) is 0 Å². The molecule has 1 heterocycles. The molecule has 0 aromatic heterocycles. The number of rotatable bonds is 6. The summed E-state index contributed by atoms with van der Waals surface area (Å²) in [5.41, 5.74) is 0.912. The molecule has 1 unspecified atom stereocenters. The Kier molecular flexibility index (Phi) is 7.18. The van der Waals surface area contributed by atoms with Crippen LogP contribution >= 0.6 is 0 Å². The lowest BCUT2D eigenvalue weighted by Gasteiger charge is -2.30. The summed E-state index contributed by atoms with van der Waals surface area (Å²) in [6, 6.07) is 0.342. The first kappa shape index (κ1) is 18.0. The number of carbonyl (C=O) groups excluding carboxylic acids is 1. The van der Waals surface area contributed by atoms with Crippen LogP contribution in [0.3, 0.4) is 0 Å². The van der Waals surface area contributed by atoms with Crippen molar-refractivity contribution in [1.82, 2.24) is 10.2 Å². The molecule has 0 spiro atoms. The zero-order valence-corrected chi connectivity index (χ0v) is 14.1. The molecule has 1 aliphatic heterocycles. The number of amides is 1. The highest BCUT2D eigenvalue weighted by Gasteiger charge is 2.23. The lowest BCUT2D eigenvalue weighted by Crippen LogP contribution is -2.40. The van der Waals surface area contributed by atoms with Gasteiger partial charge >= 0.3 is 6.09 Å². The lowest BCUT2D eigenvalue weighted by molar-refractivity contribution is 0.0265. The normalized spacial score (nSPS) is 17.4. The molecule has 0 radical (unpaired) electrons. The van der Waals surface area contributed by atoms with E-state index in [4.69, 9.17) is 9.47 Å². The van der Waals surface area contributed by atoms with Crippen LogP contribution in [0.5, 0.6) is 0 Å². The lowest BCUT2D eigenvalue weighted by atomic mass is 10.1. The highest BCUT2D eigenvalue weighted by molar-refractivity contribution is 5.68. The molecule has 0 saturated carbocycles. The number of carbonyl (C=O) groups is 1. The van der Waals surface area contributed by atoms with Crippen molar-refractivity contribution in [2.24, 2.45) is 0 Å². The molecule has 0 bridgehead atoms. The summed E-state index contributed by atoms with van der Waals surface area (Å²) in [5, 5.41) is 3.44. The van der Waals surface area contributed by atoms with Crippen LogP contribution in [0.25, 0.3) is 0 Å². The molecule has 1 amide bonds. The Labute approximate surface area is 128 Å². The van der Waals surface area contributed by atoms with E-state index in [-0.39, 0.29) is 6.09 Å². The van der Waals surface area contributed by atoms with E-state index in [0.717, 1.165) is 32.7 Å². The maximum atomic E-state index is 11.9. The summed E-state index contributed by atoms with van der Waals surface area (Å²) >= 11 is 0. The first-order valence-corrected chi connectivity index (χ1v) is 7.78. The molecule has 1 atom stereocenters. The molecule has 0 aromatic rings. The molecule has 0 saturated heterocycles. The third-order valence-electron chi connectivity index (χ3n) is 3.20. The predicted octanol–water partition coefficient (Wildman–Crippen LogP) is 2.57. The molecule has 1 N–H and O–H groups in total. The fraction of sp³-hybridized carbons (Fsp3) is 0.812. The highest BCUT2D eigenvalue weighted by Crippen LogP contribution is 2.15. The van der Waals surface area contributed by atoms with Gasteiger partial charge in [0.1, 0.15) is 5.60 Å². The summed E-state index contributed by atoms with van der Waals surface area (Å²) in [6.45, 7) is 13.5. The molecule has 0 fully saturated rings. The molecule has 0 aliphatic carbocycles. The van der Waals surface area contributed by atoms with Crippen LogP contribution in [0.2, 0.25) is 0 Å². The van der Waals surface area contributed by atoms with E-state index in [2.05, 4.69) is 18.3 Å². The minimum Gasteiger partial charge on any atom is -0.444 e. The van der Waals surface area contributed by atoms with Gasteiger partial charge in [-0.05, 0) is 41.0 Å². The Hall–Kier alpha value is -1.07. The number of hydrogen-bond donors (Lipinski definition) is 1. The van der Waals surface area contributed by atoms with Crippen LogP contribution in [0.1, 0.15) is 41.0 Å². The summed E-state index contributed by atoms with van der Waals surface area (Å²) in [4.78, 5) is 13.7. The van der Waals surface area contributed by atoms with Gasteiger partial charge < -0.3 is 19.7 Å². The Morgan fingerprint density at radius 3 is 2.71 bits per heavy atom. The molecule has 122 valence electrons. The van der Waals surface area contributed by atoms with Crippen molar-refractivity contribution in [2.75, 3.05) is 32.8 Å². The van der Waals surface area contributed by atoms with E-state index >= 15 is 0 Å². The minimum atomic E-state index is -0.433. The first-order valence-electron chi connectivity index (χ1n) is 7.78. The third kappa shape index (κ3) is 7.48. The Balaban J connectivity index is 2.32. The molecular formula is C16H30N2O3. The van der Waals surface area contributed by atoms with E-state index in [1.807, 2.05) is 27.7 Å². The zero-order chi connectivity index (χ0) is 15.9. The first-order chi connectivity index (χ1) is 9.81. The highest BCUT2D eigenvalue weighted by atomic mass is 16.6. The smallest absolute Gasteiger partial charge is 0.410 e. The SMILES string of the molecule is CCOCC(C)NCC1=CCN(C(=O)OC(C)(C)C)CC1. The van der Waals surface area contributed by atoms with Crippen molar-refractivity contribution < 1.29 is 14.3 Å². The summed E-state index contributed by atoms with van der Waals surface area (Å²) in [5.74, 6) is 0. The number of nitrogens with zero attached hydrogens (tertiary/aromatic N) is 1. The van der Waals surface area contributed by atoms with Gasteiger partial charge in [0.05, 0.1) is 6.61 Å². The molecule has 5 heteroatoms. The van der Waals surface area contributed by atoms with Gasteiger partial charge in [-0.15, -0.1) is 0 Å². The number of nitrogens with one attached hydrogen (secondary N) is 1. The number of hydrogen-bond acceptors (Lipinski definition) is 4. The van der Waals surface area contributed by atoms with Crippen LogP contribution in [-0.2, 0) is 9.47 Å². The maximum absolute atomic E-state index is 11.9. The summed E-state index contributed by atoms with van der Waals surface area (Å²) < 4.78 is 10.8. The second-order valence-electron chi connectivity index (χ2n) is 6.48. The van der Waals surface area contributed by atoms with Gasteiger partial charge in [0.2, 0.25) is 0 Å². The van der Waals surface area contributed by atoms with Crippen LogP contribution in [-0.4, -0.2) is 55.5 Å². The second-order valence-corrected chi connectivity index (χ2v) is 6.48. The monoisotopic (exact) mass is 298 g/mol. The third-order valence-corrected chi connectivity index (χ3v) is 3.20. The Bertz CT molecular complexity index is 361. The molecule has 1 aliphatic rings. The van der Waals surface area contributed by atoms with Gasteiger partial charge in [0.15, 0.2) is 0 Å². The largest absolute Gasteiger partial charge is 0.444 e. The van der Waals surface area contributed by atoms with E-state index in [9.17, 15) is 4.79 Å². The van der Waals surface area contributed by atoms with Crippen molar-refractivity contribution in [3.63, 3.8) is 0 Å². The van der Waals surface area contributed by atoms with Crippen molar-refractivity contribution in [3.05, 3.63) is 11.6 Å². The second kappa shape index (κ2) is 8.39. The van der Waals surface area contributed by atoms with E-state index in [1.54, 1.807) is 4.90 Å². The quantitative estimate of drug-likeness (QED) is 0.766. The van der Waals surface area contributed by atoms with E-state index in [1.165, 1.54) is 5.57 Å². The van der Waals surface area contributed by atoms with Crippen molar-refractivity contribution >= 4 is 6.09 Å². The molecular weight excluding hydrogens is 268 g/mol. The van der Waals surface area contributed by atoms with Crippen LogP contribution in [0.4, 0.5) is 4.79 Å². The zero-order valence-electron chi connectivity index (χ0n) is 14.1. The maximum Gasteiger partial charge on any atom is 0.410 e. The summed E-state index contributed by atoms with van der Waals surface area (Å²) in [6.07, 6.45) is 2.79. The van der Waals surface area contributed by atoms with Gasteiger partial charge in [0, 0.05) is 32.3 Å². The topological polar surface area (TPSA) is 50.8 Å². The van der Waals surface area contributed by atoms with Gasteiger partial charge in [-0.2, -0.15) is 0 Å². The average molecular weight is 298 g/mol. The average Bonchev–Trinajstić information content (AvgIpc) is 2.41. The van der Waals surface area contributed by atoms with Gasteiger partial charge in [-0.25, -0.2) is 4.79 Å². The van der Waals surface area contributed by atoms with Crippen molar-refractivity contribution in [3.8, 4) is 0 Å². The van der Waals surface area contributed by atoms with Gasteiger partial charge in [-0.1, -0.05) is 11.6 Å². The number of ether oxygens (including phenoxy) is 2. The van der Waals surface area contributed by atoms with Crippen LogP contribution in [0, 0.1) is 0 Å². The van der Waals surface area contributed by atoms with Gasteiger partial charge in [-0.3, -0.25) is 0 Å². The fourth-order valence-corrected chi connectivity index (χ4v) is 2.02. The van der Waals surface area contributed by atoms with Crippen molar-refractivity contribution in [2.45, 2.75) is 52.7 Å².